The maximum absolute atomic E-state index is 12.7. The molecule has 6 nitrogen and oxygen atoms in total. The molecule has 3 rings (SSSR count). The monoisotopic (exact) mass is 319 g/mol. The maximum atomic E-state index is 12.7. The highest BCUT2D eigenvalue weighted by Crippen LogP contribution is 2.35. The third-order valence-corrected chi connectivity index (χ3v) is 5.11. The maximum Gasteiger partial charge on any atom is 0.325 e. The molecule has 0 atom stereocenters. The van der Waals surface area contributed by atoms with Gasteiger partial charge in [-0.1, -0.05) is 25.8 Å². The number of carbonyl (C=O) groups excluding carboxylic acids is 3. The van der Waals surface area contributed by atoms with Crippen LogP contribution in [0.5, 0.6) is 0 Å². The van der Waals surface area contributed by atoms with Gasteiger partial charge in [0.05, 0.1) is 0 Å². The summed E-state index contributed by atoms with van der Waals surface area (Å²) >= 11 is 0. The molecule has 1 N–H and O–H groups in total. The summed E-state index contributed by atoms with van der Waals surface area (Å²) in [5.41, 5.74) is 0.305. The minimum absolute atomic E-state index is 0.149. The van der Waals surface area contributed by atoms with E-state index in [0.717, 1.165) is 49.1 Å². The molecule has 1 spiro atoms. The van der Waals surface area contributed by atoms with E-state index in [1.54, 1.807) is 4.90 Å². The van der Waals surface area contributed by atoms with E-state index < -0.39 is 11.6 Å². The van der Waals surface area contributed by atoms with E-state index in [1.807, 2.05) is 6.92 Å². The zero-order valence-electron chi connectivity index (χ0n) is 13.8. The van der Waals surface area contributed by atoms with Crippen molar-refractivity contribution in [3.63, 3.8) is 0 Å². The molecule has 4 amide bonds. The van der Waals surface area contributed by atoms with E-state index in [-0.39, 0.29) is 18.4 Å². The summed E-state index contributed by atoms with van der Waals surface area (Å²) in [6.07, 6.45) is 9.18. The van der Waals surface area contributed by atoms with Gasteiger partial charge < -0.3 is 10.2 Å². The summed E-state index contributed by atoms with van der Waals surface area (Å²) in [6.45, 7) is 2.51. The Balaban J connectivity index is 1.71. The summed E-state index contributed by atoms with van der Waals surface area (Å²) in [5.74, 6) is -0.372. The van der Waals surface area contributed by atoms with Gasteiger partial charge in [-0.05, 0) is 38.5 Å². The van der Waals surface area contributed by atoms with Gasteiger partial charge in [-0.25, -0.2) is 4.79 Å². The van der Waals surface area contributed by atoms with Gasteiger partial charge in [0.15, 0.2) is 0 Å². The average Bonchev–Trinajstić information content (AvgIpc) is 3.24. The van der Waals surface area contributed by atoms with Crippen LogP contribution in [0.4, 0.5) is 4.79 Å². The van der Waals surface area contributed by atoms with E-state index in [2.05, 4.69) is 11.4 Å². The van der Waals surface area contributed by atoms with Gasteiger partial charge in [0.1, 0.15) is 12.1 Å². The van der Waals surface area contributed by atoms with Crippen molar-refractivity contribution in [3.05, 3.63) is 11.8 Å². The van der Waals surface area contributed by atoms with Crippen LogP contribution in [0.1, 0.15) is 58.3 Å². The highest BCUT2D eigenvalue weighted by Gasteiger charge is 2.52. The Morgan fingerprint density at radius 1 is 1.30 bits per heavy atom. The highest BCUT2D eigenvalue weighted by atomic mass is 16.2. The van der Waals surface area contributed by atoms with Gasteiger partial charge in [-0.15, -0.1) is 0 Å². The minimum atomic E-state index is -0.737. The normalized spacial score (nSPS) is 22.7. The van der Waals surface area contributed by atoms with Crippen LogP contribution in [0.15, 0.2) is 11.8 Å². The van der Waals surface area contributed by atoms with Crippen LogP contribution in [-0.4, -0.2) is 46.3 Å². The minimum Gasteiger partial charge on any atom is -0.323 e. The number of rotatable bonds is 5. The number of carbonyl (C=O) groups is 3. The van der Waals surface area contributed by atoms with Crippen LogP contribution in [-0.2, 0) is 9.59 Å². The number of allylic oxidation sites excluding steroid dienone is 2. The van der Waals surface area contributed by atoms with Gasteiger partial charge in [-0.3, -0.25) is 14.5 Å². The molecule has 6 heteroatoms. The fraction of sp³-hybridized carbons (Fsp3) is 0.706. The molecule has 0 bridgehead atoms. The Morgan fingerprint density at radius 3 is 2.65 bits per heavy atom. The standard InChI is InChI=1S/C17H25N3O3/c1-2-11-19(13-7-3-4-8-13)14(21)12-20-15(22)17(18-16(20)23)9-5-6-10-17/h7H,2-6,8-12H2,1H3,(H,18,23). The Labute approximate surface area is 136 Å². The molecule has 0 aromatic carbocycles. The van der Waals surface area contributed by atoms with Gasteiger partial charge in [0, 0.05) is 12.2 Å². The molecule has 3 aliphatic rings. The van der Waals surface area contributed by atoms with Crippen molar-refractivity contribution < 1.29 is 14.4 Å². The second-order valence-electron chi connectivity index (χ2n) is 6.74. The summed E-state index contributed by atoms with van der Waals surface area (Å²) in [5, 5.41) is 2.83. The quantitative estimate of drug-likeness (QED) is 0.790. The molecule has 1 heterocycles. The van der Waals surface area contributed by atoms with Crippen molar-refractivity contribution in [1.29, 1.82) is 0 Å². The number of urea groups is 1. The topological polar surface area (TPSA) is 69.7 Å². The SMILES string of the molecule is CCCN(C(=O)CN1C(=O)NC2(CCCC2)C1=O)C1=CCCC1. The molecule has 1 aliphatic heterocycles. The fourth-order valence-corrected chi connectivity index (χ4v) is 3.91. The third-order valence-electron chi connectivity index (χ3n) is 5.11. The first-order valence-corrected chi connectivity index (χ1v) is 8.71. The molecule has 1 saturated heterocycles. The first-order chi connectivity index (χ1) is 11.1. The Morgan fingerprint density at radius 2 is 2.04 bits per heavy atom. The molecule has 2 aliphatic carbocycles. The van der Waals surface area contributed by atoms with E-state index in [0.29, 0.717) is 19.4 Å². The van der Waals surface area contributed by atoms with Crippen LogP contribution in [0.25, 0.3) is 0 Å². The third kappa shape index (κ3) is 2.86. The zero-order valence-corrected chi connectivity index (χ0v) is 13.8. The van der Waals surface area contributed by atoms with E-state index in [4.69, 9.17) is 0 Å². The molecule has 23 heavy (non-hydrogen) atoms. The van der Waals surface area contributed by atoms with Crippen molar-refractivity contribution in [2.45, 2.75) is 63.8 Å². The lowest BCUT2D eigenvalue weighted by Crippen LogP contribution is -2.46. The predicted octanol–water partition coefficient (Wildman–Crippen LogP) is 2.16. The zero-order chi connectivity index (χ0) is 16.4. The molecule has 1 saturated carbocycles. The summed E-state index contributed by atoms with van der Waals surface area (Å²) in [4.78, 5) is 40.4. The van der Waals surface area contributed by atoms with Crippen molar-refractivity contribution in [1.82, 2.24) is 15.1 Å². The van der Waals surface area contributed by atoms with E-state index in [1.165, 1.54) is 0 Å². The lowest BCUT2D eigenvalue weighted by Gasteiger charge is -2.26. The molecule has 0 unspecified atom stereocenters. The summed E-state index contributed by atoms with van der Waals surface area (Å²) in [6, 6.07) is -0.415. The van der Waals surface area contributed by atoms with Gasteiger partial charge in [0.25, 0.3) is 5.91 Å². The van der Waals surface area contributed by atoms with Crippen LogP contribution < -0.4 is 5.32 Å². The number of nitrogens with one attached hydrogen (secondary N) is 1. The van der Waals surface area contributed by atoms with Crippen molar-refractivity contribution in [2.24, 2.45) is 0 Å². The summed E-state index contributed by atoms with van der Waals surface area (Å²) in [7, 11) is 0. The Bertz CT molecular complexity index is 549. The van der Waals surface area contributed by atoms with Crippen LogP contribution in [0, 0.1) is 0 Å². The van der Waals surface area contributed by atoms with E-state index >= 15 is 0 Å². The first kappa shape index (κ1) is 16.0. The van der Waals surface area contributed by atoms with Gasteiger partial charge >= 0.3 is 6.03 Å². The molecule has 0 aromatic rings. The lowest BCUT2D eigenvalue weighted by atomic mass is 9.98. The number of imide groups is 1. The van der Waals surface area contributed by atoms with Crippen molar-refractivity contribution in [3.8, 4) is 0 Å². The molecule has 2 fully saturated rings. The number of nitrogens with zero attached hydrogens (tertiary/aromatic N) is 2. The largest absolute Gasteiger partial charge is 0.325 e. The highest BCUT2D eigenvalue weighted by molar-refractivity contribution is 6.09. The second-order valence-corrected chi connectivity index (χ2v) is 6.74. The predicted molar refractivity (Wildman–Crippen MR) is 85.4 cm³/mol. The molecule has 0 radical (unpaired) electrons. The Kier molecular flexibility index (Phi) is 4.41. The average molecular weight is 319 g/mol. The van der Waals surface area contributed by atoms with Crippen LogP contribution in [0.2, 0.25) is 0 Å². The lowest BCUT2D eigenvalue weighted by molar-refractivity contribution is -0.138. The van der Waals surface area contributed by atoms with Crippen molar-refractivity contribution >= 4 is 17.8 Å². The van der Waals surface area contributed by atoms with Gasteiger partial charge in [-0.2, -0.15) is 0 Å². The number of amides is 4. The molecular formula is C17H25N3O3. The van der Waals surface area contributed by atoms with Crippen LogP contribution >= 0.6 is 0 Å². The van der Waals surface area contributed by atoms with Gasteiger partial charge in [0.2, 0.25) is 5.91 Å². The molecule has 0 aromatic heterocycles. The van der Waals surface area contributed by atoms with Crippen LogP contribution in [0.3, 0.4) is 0 Å². The fourth-order valence-electron chi connectivity index (χ4n) is 3.91. The molecule has 126 valence electrons. The number of hydrogen-bond donors (Lipinski definition) is 1. The first-order valence-electron chi connectivity index (χ1n) is 8.71. The summed E-state index contributed by atoms with van der Waals surface area (Å²) < 4.78 is 0. The number of hydrogen-bond acceptors (Lipinski definition) is 3. The Hall–Kier alpha value is -1.85. The smallest absolute Gasteiger partial charge is 0.323 e. The second kappa shape index (κ2) is 6.34. The van der Waals surface area contributed by atoms with E-state index in [9.17, 15) is 14.4 Å². The molecular weight excluding hydrogens is 294 g/mol. The van der Waals surface area contributed by atoms with Crippen molar-refractivity contribution in [2.75, 3.05) is 13.1 Å².